The van der Waals surface area contributed by atoms with E-state index in [-0.39, 0.29) is 0 Å². The van der Waals surface area contributed by atoms with Crippen LogP contribution in [0.4, 0.5) is 0 Å². The van der Waals surface area contributed by atoms with Crippen LogP contribution in [0, 0.1) is 6.92 Å². The van der Waals surface area contributed by atoms with Crippen molar-refractivity contribution in [1.82, 2.24) is 15.5 Å². The van der Waals surface area contributed by atoms with Crippen molar-refractivity contribution in [3.05, 3.63) is 35.9 Å². The first-order chi connectivity index (χ1) is 7.34. The van der Waals surface area contributed by atoms with Crippen molar-refractivity contribution in [2.24, 2.45) is 0 Å². The molecule has 0 aromatic carbocycles. The first kappa shape index (κ1) is 9.92. The summed E-state index contributed by atoms with van der Waals surface area (Å²) in [6, 6.07) is 3.81. The third-order valence-electron chi connectivity index (χ3n) is 1.96. The number of furan rings is 1. The Kier molecular flexibility index (Phi) is 3.14. The molecule has 2 heterocycles. The summed E-state index contributed by atoms with van der Waals surface area (Å²) in [5, 5.41) is 6.94. The minimum atomic E-state index is 0.666. The van der Waals surface area contributed by atoms with Gasteiger partial charge in [0.25, 0.3) is 0 Å². The average Bonchev–Trinajstić information content (AvgIpc) is 2.84. The first-order valence-electron chi connectivity index (χ1n) is 4.87. The van der Waals surface area contributed by atoms with Gasteiger partial charge < -0.3 is 14.3 Å². The highest BCUT2D eigenvalue weighted by molar-refractivity contribution is 4.97. The SMILES string of the molecule is Cc1noc(CCNCc2ccco2)n1. The number of rotatable bonds is 5. The smallest absolute Gasteiger partial charge is 0.227 e. The van der Waals surface area contributed by atoms with E-state index in [4.69, 9.17) is 8.94 Å². The zero-order valence-corrected chi connectivity index (χ0v) is 8.56. The van der Waals surface area contributed by atoms with Crippen molar-refractivity contribution in [1.29, 1.82) is 0 Å². The highest BCUT2D eigenvalue weighted by Crippen LogP contribution is 1.99. The highest BCUT2D eigenvalue weighted by atomic mass is 16.5. The van der Waals surface area contributed by atoms with Crippen LogP contribution in [0.1, 0.15) is 17.5 Å². The summed E-state index contributed by atoms with van der Waals surface area (Å²) in [7, 11) is 0. The molecule has 0 atom stereocenters. The van der Waals surface area contributed by atoms with E-state index in [1.807, 2.05) is 19.1 Å². The van der Waals surface area contributed by atoms with Crippen molar-refractivity contribution in [2.45, 2.75) is 19.9 Å². The lowest BCUT2D eigenvalue weighted by Crippen LogP contribution is -2.16. The molecule has 0 fully saturated rings. The first-order valence-corrected chi connectivity index (χ1v) is 4.87. The lowest BCUT2D eigenvalue weighted by atomic mass is 10.4. The standard InChI is InChI=1S/C10H13N3O2/c1-8-12-10(15-13-8)4-5-11-7-9-3-2-6-14-9/h2-3,6,11H,4-5,7H2,1H3. The molecule has 0 unspecified atom stereocenters. The van der Waals surface area contributed by atoms with Gasteiger partial charge in [0.05, 0.1) is 12.8 Å². The summed E-state index contributed by atoms with van der Waals surface area (Å²) in [6.07, 6.45) is 2.40. The maximum Gasteiger partial charge on any atom is 0.227 e. The second-order valence-electron chi connectivity index (χ2n) is 3.24. The van der Waals surface area contributed by atoms with Gasteiger partial charge in [-0.05, 0) is 19.1 Å². The summed E-state index contributed by atoms with van der Waals surface area (Å²) < 4.78 is 10.2. The zero-order chi connectivity index (χ0) is 10.5. The number of aryl methyl sites for hydroxylation is 1. The summed E-state index contributed by atoms with van der Waals surface area (Å²) in [4.78, 5) is 4.10. The summed E-state index contributed by atoms with van der Waals surface area (Å²) >= 11 is 0. The Morgan fingerprint density at radius 1 is 1.47 bits per heavy atom. The molecule has 1 N–H and O–H groups in total. The summed E-state index contributed by atoms with van der Waals surface area (Å²) in [6.45, 7) is 3.33. The molecule has 0 radical (unpaired) electrons. The Labute approximate surface area is 87.5 Å². The summed E-state index contributed by atoms with van der Waals surface area (Å²) in [5.74, 6) is 2.27. The van der Waals surface area contributed by atoms with Crippen LogP contribution in [-0.4, -0.2) is 16.7 Å². The maximum atomic E-state index is 5.18. The Morgan fingerprint density at radius 2 is 2.40 bits per heavy atom. The number of nitrogens with one attached hydrogen (secondary N) is 1. The molecule has 0 saturated carbocycles. The van der Waals surface area contributed by atoms with Crippen molar-refractivity contribution in [3.63, 3.8) is 0 Å². The zero-order valence-electron chi connectivity index (χ0n) is 8.56. The highest BCUT2D eigenvalue weighted by Gasteiger charge is 2.01. The van der Waals surface area contributed by atoms with Gasteiger partial charge in [0.2, 0.25) is 5.89 Å². The van der Waals surface area contributed by atoms with Crippen LogP contribution in [-0.2, 0) is 13.0 Å². The van der Waals surface area contributed by atoms with E-state index in [0.717, 1.165) is 25.3 Å². The van der Waals surface area contributed by atoms with Crippen molar-refractivity contribution in [3.8, 4) is 0 Å². The molecule has 0 saturated heterocycles. The van der Waals surface area contributed by atoms with Gasteiger partial charge in [0.1, 0.15) is 5.76 Å². The van der Waals surface area contributed by atoms with Gasteiger partial charge in [-0.3, -0.25) is 0 Å². The fourth-order valence-corrected chi connectivity index (χ4v) is 1.26. The van der Waals surface area contributed by atoms with Gasteiger partial charge in [-0.1, -0.05) is 5.16 Å². The van der Waals surface area contributed by atoms with Gasteiger partial charge in [-0.15, -0.1) is 0 Å². The molecule has 0 aliphatic carbocycles. The van der Waals surface area contributed by atoms with E-state index < -0.39 is 0 Å². The van der Waals surface area contributed by atoms with E-state index in [9.17, 15) is 0 Å². The van der Waals surface area contributed by atoms with Gasteiger partial charge in [0, 0.05) is 13.0 Å². The third-order valence-corrected chi connectivity index (χ3v) is 1.96. The molecule has 0 bridgehead atoms. The topological polar surface area (TPSA) is 64.1 Å². The largest absolute Gasteiger partial charge is 0.468 e. The lowest BCUT2D eigenvalue weighted by molar-refractivity contribution is 0.371. The molecule has 15 heavy (non-hydrogen) atoms. The maximum absolute atomic E-state index is 5.18. The third kappa shape index (κ3) is 2.92. The molecule has 0 aliphatic rings. The molecule has 0 aliphatic heterocycles. The van der Waals surface area contributed by atoms with E-state index in [1.165, 1.54) is 0 Å². The van der Waals surface area contributed by atoms with Crippen LogP contribution >= 0.6 is 0 Å². The number of nitrogens with zero attached hydrogens (tertiary/aromatic N) is 2. The van der Waals surface area contributed by atoms with Crippen molar-refractivity contribution < 1.29 is 8.94 Å². The fraction of sp³-hybridized carbons (Fsp3) is 0.400. The number of aromatic nitrogens is 2. The van der Waals surface area contributed by atoms with Crippen molar-refractivity contribution in [2.75, 3.05) is 6.54 Å². The van der Waals surface area contributed by atoms with Gasteiger partial charge in [0.15, 0.2) is 5.82 Å². The van der Waals surface area contributed by atoms with E-state index in [2.05, 4.69) is 15.5 Å². The molecule has 2 aromatic heterocycles. The van der Waals surface area contributed by atoms with Crippen LogP contribution in [0.5, 0.6) is 0 Å². The number of hydrogen-bond donors (Lipinski definition) is 1. The molecule has 80 valence electrons. The van der Waals surface area contributed by atoms with Crippen LogP contribution in [0.2, 0.25) is 0 Å². The Bertz CT molecular complexity index is 394. The molecule has 0 amide bonds. The van der Waals surface area contributed by atoms with E-state index in [1.54, 1.807) is 6.26 Å². The van der Waals surface area contributed by atoms with Crippen LogP contribution < -0.4 is 5.32 Å². The van der Waals surface area contributed by atoms with Crippen LogP contribution in [0.25, 0.3) is 0 Å². The van der Waals surface area contributed by atoms with Crippen molar-refractivity contribution >= 4 is 0 Å². The van der Waals surface area contributed by atoms with Crippen LogP contribution in [0.3, 0.4) is 0 Å². The monoisotopic (exact) mass is 207 g/mol. The van der Waals surface area contributed by atoms with Gasteiger partial charge in [-0.25, -0.2) is 0 Å². The Hall–Kier alpha value is -1.62. The second kappa shape index (κ2) is 4.75. The van der Waals surface area contributed by atoms with Gasteiger partial charge >= 0.3 is 0 Å². The lowest BCUT2D eigenvalue weighted by Gasteiger charge is -1.98. The van der Waals surface area contributed by atoms with E-state index >= 15 is 0 Å². The minimum Gasteiger partial charge on any atom is -0.468 e. The summed E-state index contributed by atoms with van der Waals surface area (Å²) in [5.41, 5.74) is 0. The normalized spacial score (nSPS) is 10.7. The predicted molar refractivity (Wildman–Crippen MR) is 53.2 cm³/mol. The van der Waals surface area contributed by atoms with Crippen LogP contribution in [0.15, 0.2) is 27.3 Å². The molecule has 2 aromatic rings. The Balaban J connectivity index is 1.67. The molecule has 0 spiro atoms. The molecular formula is C10H13N3O2. The molecule has 5 heteroatoms. The van der Waals surface area contributed by atoms with E-state index in [0.29, 0.717) is 11.7 Å². The molecular weight excluding hydrogens is 194 g/mol. The molecule has 5 nitrogen and oxygen atoms in total. The molecule has 2 rings (SSSR count). The predicted octanol–water partition coefficient (Wildman–Crippen LogP) is 1.30. The fourth-order valence-electron chi connectivity index (χ4n) is 1.26. The average molecular weight is 207 g/mol. The minimum absolute atomic E-state index is 0.666. The number of hydrogen-bond acceptors (Lipinski definition) is 5. The quantitative estimate of drug-likeness (QED) is 0.749. The Morgan fingerprint density at radius 3 is 3.07 bits per heavy atom. The second-order valence-corrected chi connectivity index (χ2v) is 3.24. The van der Waals surface area contributed by atoms with Gasteiger partial charge in [-0.2, -0.15) is 4.98 Å².